The van der Waals surface area contributed by atoms with Crippen LogP contribution in [0.1, 0.15) is 18.6 Å². The fourth-order valence-electron chi connectivity index (χ4n) is 2.31. The van der Waals surface area contributed by atoms with Crippen molar-refractivity contribution in [3.8, 4) is 5.75 Å². The molecule has 0 aliphatic heterocycles. The van der Waals surface area contributed by atoms with Crippen molar-refractivity contribution in [1.82, 2.24) is 5.32 Å². The summed E-state index contributed by atoms with van der Waals surface area (Å²) in [5, 5.41) is 4.39. The summed E-state index contributed by atoms with van der Waals surface area (Å²) in [4.78, 5) is 0. The number of fused-ring (bicyclic) bond motifs is 1. The lowest BCUT2D eigenvalue weighted by Crippen LogP contribution is -2.45. The molecule has 1 N–H and O–H groups in total. The second-order valence-corrected chi connectivity index (χ2v) is 4.75. The second-order valence-electron chi connectivity index (χ2n) is 4.75. The van der Waals surface area contributed by atoms with Crippen LogP contribution in [0.2, 0.25) is 0 Å². The van der Waals surface area contributed by atoms with Crippen molar-refractivity contribution in [3.63, 3.8) is 0 Å². The number of benzene rings is 1. The number of ether oxygens (including phenoxy) is 1. The first-order valence-electron chi connectivity index (χ1n) is 6.09. The maximum absolute atomic E-state index is 5.90. The third-order valence-corrected chi connectivity index (χ3v) is 3.42. The lowest BCUT2D eigenvalue weighted by atomic mass is 9.89. The SMILES string of the molecule is CNC1CC(Oc2ccc3cc(C)oc3c2)C1. The standard InChI is InChI=1S/C14H17NO2/c1-9-5-10-3-4-12(8-14(10)16-9)17-13-6-11(7-13)15-2/h3-5,8,11,13,15H,6-7H2,1-2H3. The highest BCUT2D eigenvalue weighted by molar-refractivity contribution is 5.79. The molecular weight excluding hydrogens is 214 g/mol. The fourth-order valence-corrected chi connectivity index (χ4v) is 2.31. The molecule has 3 nitrogen and oxygen atoms in total. The van der Waals surface area contributed by atoms with Crippen molar-refractivity contribution < 1.29 is 9.15 Å². The van der Waals surface area contributed by atoms with Gasteiger partial charge in [0.1, 0.15) is 23.2 Å². The number of furan rings is 1. The first-order valence-corrected chi connectivity index (χ1v) is 6.09. The molecule has 3 heteroatoms. The summed E-state index contributed by atoms with van der Waals surface area (Å²) < 4.78 is 11.5. The van der Waals surface area contributed by atoms with Gasteiger partial charge in [-0.3, -0.25) is 0 Å². The number of rotatable bonds is 3. The van der Waals surface area contributed by atoms with Crippen LogP contribution in [-0.4, -0.2) is 19.2 Å². The zero-order chi connectivity index (χ0) is 11.8. The Hall–Kier alpha value is -1.48. The average molecular weight is 231 g/mol. The van der Waals surface area contributed by atoms with E-state index < -0.39 is 0 Å². The highest BCUT2D eigenvalue weighted by Crippen LogP contribution is 2.29. The van der Waals surface area contributed by atoms with Crippen molar-refractivity contribution in [2.45, 2.75) is 31.9 Å². The molecule has 1 aromatic heterocycles. The van der Waals surface area contributed by atoms with E-state index in [0.717, 1.165) is 35.3 Å². The van der Waals surface area contributed by atoms with Gasteiger partial charge in [0.05, 0.1) is 0 Å². The molecule has 0 radical (unpaired) electrons. The largest absolute Gasteiger partial charge is 0.490 e. The van der Waals surface area contributed by atoms with Crippen molar-refractivity contribution in [2.75, 3.05) is 7.05 Å². The van der Waals surface area contributed by atoms with Gasteiger partial charge in [-0.2, -0.15) is 0 Å². The Morgan fingerprint density at radius 2 is 2.12 bits per heavy atom. The zero-order valence-electron chi connectivity index (χ0n) is 10.2. The van der Waals surface area contributed by atoms with Crippen LogP contribution in [0.5, 0.6) is 5.75 Å². The molecule has 17 heavy (non-hydrogen) atoms. The van der Waals surface area contributed by atoms with Gasteiger partial charge in [-0.25, -0.2) is 0 Å². The Balaban J connectivity index is 1.73. The highest BCUT2D eigenvalue weighted by atomic mass is 16.5. The average Bonchev–Trinajstić information content (AvgIpc) is 2.62. The van der Waals surface area contributed by atoms with E-state index in [2.05, 4.69) is 11.4 Å². The molecule has 1 saturated carbocycles. The normalized spacial score (nSPS) is 23.6. The quantitative estimate of drug-likeness (QED) is 0.882. The van der Waals surface area contributed by atoms with Gasteiger partial charge in [0.2, 0.25) is 0 Å². The van der Waals surface area contributed by atoms with Crippen LogP contribution in [0.25, 0.3) is 11.0 Å². The maximum atomic E-state index is 5.90. The van der Waals surface area contributed by atoms with E-state index in [9.17, 15) is 0 Å². The van der Waals surface area contributed by atoms with Gasteiger partial charge in [-0.05, 0) is 45.0 Å². The minimum atomic E-state index is 0.348. The van der Waals surface area contributed by atoms with E-state index >= 15 is 0 Å². The predicted molar refractivity (Wildman–Crippen MR) is 67.4 cm³/mol. The molecular formula is C14H17NO2. The molecule has 0 bridgehead atoms. The summed E-state index contributed by atoms with van der Waals surface area (Å²) in [5.74, 6) is 1.85. The molecule has 3 rings (SSSR count). The molecule has 1 aliphatic rings. The Morgan fingerprint density at radius 3 is 2.88 bits per heavy atom. The molecule has 90 valence electrons. The van der Waals surface area contributed by atoms with Crippen molar-refractivity contribution >= 4 is 11.0 Å². The van der Waals surface area contributed by atoms with Gasteiger partial charge in [-0.1, -0.05) is 0 Å². The Kier molecular flexibility index (Phi) is 2.56. The zero-order valence-corrected chi connectivity index (χ0v) is 10.2. The Labute approximate surface area is 101 Å². The van der Waals surface area contributed by atoms with Crippen molar-refractivity contribution in [3.05, 3.63) is 30.0 Å². The van der Waals surface area contributed by atoms with E-state index in [1.54, 1.807) is 0 Å². The third kappa shape index (κ3) is 2.03. The van der Waals surface area contributed by atoms with Crippen molar-refractivity contribution in [2.24, 2.45) is 0 Å². The van der Waals surface area contributed by atoms with Crippen LogP contribution in [0.4, 0.5) is 0 Å². The number of aryl methyl sites for hydroxylation is 1. The van der Waals surface area contributed by atoms with Gasteiger partial charge < -0.3 is 14.5 Å². The molecule has 0 unspecified atom stereocenters. The molecule has 0 atom stereocenters. The molecule has 0 saturated heterocycles. The molecule has 1 heterocycles. The monoisotopic (exact) mass is 231 g/mol. The lowest BCUT2D eigenvalue weighted by molar-refractivity contribution is 0.0886. The van der Waals surface area contributed by atoms with Gasteiger partial charge in [0.25, 0.3) is 0 Å². The van der Waals surface area contributed by atoms with Crippen LogP contribution < -0.4 is 10.1 Å². The lowest BCUT2D eigenvalue weighted by Gasteiger charge is -2.35. The minimum Gasteiger partial charge on any atom is -0.490 e. The molecule has 0 amide bonds. The summed E-state index contributed by atoms with van der Waals surface area (Å²) in [7, 11) is 2.00. The van der Waals surface area contributed by atoms with Gasteiger partial charge in [-0.15, -0.1) is 0 Å². The van der Waals surface area contributed by atoms with E-state index in [1.807, 2.05) is 32.2 Å². The summed E-state index contributed by atoms with van der Waals surface area (Å²) in [6.45, 7) is 1.96. The van der Waals surface area contributed by atoms with E-state index in [1.165, 1.54) is 0 Å². The van der Waals surface area contributed by atoms with E-state index in [0.29, 0.717) is 12.1 Å². The molecule has 1 aliphatic carbocycles. The van der Waals surface area contributed by atoms with Gasteiger partial charge in [0.15, 0.2) is 0 Å². The Morgan fingerprint density at radius 1 is 1.29 bits per heavy atom. The summed E-state index contributed by atoms with van der Waals surface area (Å²) in [6, 6.07) is 8.71. The second kappa shape index (κ2) is 4.08. The number of hydrogen-bond donors (Lipinski definition) is 1. The third-order valence-electron chi connectivity index (χ3n) is 3.42. The Bertz CT molecular complexity index is 526. The molecule has 2 aromatic rings. The highest BCUT2D eigenvalue weighted by Gasteiger charge is 2.29. The number of hydrogen-bond acceptors (Lipinski definition) is 3. The smallest absolute Gasteiger partial charge is 0.137 e. The topological polar surface area (TPSA) is 34.4 Å². The summed E-state index contributed by atoms with van der Waals surface area (Å²) >= 11 is 0. The first-order chi connectivity index (χ1) is 8.24. The van der Waals surface area contributed by atoms with E-state index in [4.69, 9.17) is 9.15 Å². The van der Waals surface area contributed by atoms with Crippen LogP contribution >= 0.6 is 0 Å². The van der Waals surface area contributed by atoms with Crippen molar-refractivity contribution in [1.29, 1.82) is 0 Å². The number of nitrogens with one attached hydrogen (secondary N) is 1. The van der Waals surface area contributed by atoms with Crippen LogP contribution in [0.3, 0.4) is 0 Å². The summed E-state index contributed by atoms with van der Waals surface area (Å²) in [6.07, 6.45) is 2.53. The molecule has 1 fully saturated rings. The maximum Gasteiger partial charge on any atom is 0.137 e. The fraction of sp³-hybridized carbons (Fsp3) is 0.429. The van der Waals surface area contributed by atoms with Gasteiger partial charge >= 0.3 is 0 Å². The minimum absolute atomic E-state index is 0.348. The molecule has 1 aromatic carbocycles. The molecule has 0 spiro atoms. The van der Waals surface area contributed by atoms with Crippen LogP contribution in [0.15, 0.2) is 28.7 Å². The summed E-state index contributed by atoms with van der Waals surface area (Å²) in [5.41, 5.74) is 0.907. The predicted octanol–water partition coefficient (Wildman–Crippen LogP) is 2.87. The van der Waals surface area contributed by atoms with E-state index in [-0.39, 0.29) is 0 Å². The van der Waals surface area contributed by atoms with Gasteiger partial charge in [0, 0.05) is 17.5 Å². The first kappa shape index (κ1) is 10.7. The van der Waals surface area contributed by atoms with Crippen LogP contribution in [-0.2, 0) is 0 Å². The van der Waals surface area contributed by atoms with Crippen LogP contribution in [0, 0.1) is 6.92 Å².